The number of nitrogens with zero attached hydrogens (tertiary/aromatic N) is 1. The Hall–Kier alpha value is -1.06. The Morgan fingerprint density at radius 3 is 2.48 bits per heavy atom. The molecule has 1 aliphatic rings. The van der Waals surface area contributed by atoms with Gasteiger partial charge in [-0.05, 0) is 62.5 Å². The first-order chi connectivity index (χ1) is 10.3. The third kappa shape index (κ3) is 5.68. The molecule has 1 aliphatic heterocycles. The van der Waals surface area contributed by atoms with Crippen molar-refractivity contribution in [3.63, 3.8) is 0 Å². The van der Waals surface area contributed by atoms with Crippen LogP contribution in [0.1, 0.15) is 38.7 Å². The van der Waals surface area contributed by atoms with E-state index in [2.05, 4.69) is 48.3 Å². The minimum atomic E-state index is 0.802. The largest absolute Gasteiger partial charge is 0.494 e. The molecule has 0 bridgehead atoms. The third-order valence-corrected chi connectivity index (χ3v) is 4.22. The van der Waals surface area contributed by atoms with Crippen LogP contribution in [0.25, 0.3) is 0 Å². The molecule has 21 heavy (non-hydrogen) atoms. The lowest BCUT2D eigenvalue weighted by Gasteiger charge is -2.29. The van der Waals surface area contributed by atoms with Crippen molar-refractivity contribution >= 4 is 0 Å². The fourth-order valence-electron chi connectivity index (χ4n) is 2.90. The summed E-state index contributed by atoms with van der Waals surface area (Å²) < 4.78 is 5.64. The first-order valence-corrected chi connectivity index (χ1v) is 8.46. The van der Waals surface area contributed by atoms with E-state index in [-0.39, 0.29) is 0 Å². The molecule has 0 unspecified atom stereocenters. The average molecular weight is 290 g/mol. The molecule has 0 amide bonds. The summed E-state index contributed by atoms with van der Waals surface area (Å²) in [6.07, 6.45) is 3.70. The van der Waals surface area contributed by atoms with Crippen LogP contribution in [-0.2, 0) is 6.54 Å². The van der Waals surface area contributed by atoms with Gasteiger partial charge in [0.1, 0.15) is 5.75 Å². The highest BCUT2D eigenvalue weighted by Crippen LogP contribution is 2.17. The monoisotopic (exact) mass is 290 g/mol. The number of rotatable bonds is 8. The van der Waals surface area contributed by atoms with Crippen LogP contribution in [0.2, 0.25) is 0 Å². The zero-order valence-corrected chi connectivity index (χ0v) is 13.6. The summed E-state index contributed by atoms with van der Waals surface area (Å²) in [7, 11) is 0. The highest BCUT2D eigenvalue weighted by molar-refractivity contribution is 5.27. The molecular weight excluding hydrogens is 260 g/mol. The fourth-order valence-corrected chi connectivity index (χ4v) is 2.90. The van der Waals surface area contributed by atoms with Crippen LogP contribution in [-0.4, -0.2) is 37.7 Å². The summed E-state index contributed by atoms with van der Waals surface area (Å²) in [6.45, 7) is 11.0. The fraction of sp³-hybridized carbons (Fsp3) is 0.667. The molecule has 1 aromatic carbocycles. The molecule has 0 spiro atoms. The standard InChI is InChI=1S/C18H30N2O/c1-3-13-21-18-7-5-16(6-8-18)14-20(4-2)15-17-9-11-19-12-10-17/h5-8,17,19H,3-4,9-15H2,1-2H3. The van der Waals surface area contributed by atoms with Gasteiger partial charge in [-0.25, -0.2) is 0 Å². The maximum Gasteiger partial charge on any atom is 0.119 e. The Morgan fingerprint density at radius 2 is 1.86 bits per heavy atom. The number of hydrogen-bond acceptors (Lipinski definition) is 3. The minimum absolute atomic E-state index is 0.802. The highest BCUT2D eigenvalue weighted by atomic mass is 16.5. The van der Waals surface area contributed by atoms with E-state index in [0.717, 1.165) is 37.8 Å². The number of piperidine rings is 1. The second-order valence-corrected chi connectivity index (χ2v) is 6.01. The van der Waals surface area contributed by atoms with E-state index in [1.807, 2.05) is 0 Å². The van der Waals surface area contributed by atoms with Crippen molar-refractivity contribution in [1.82, 2.24) is 10.2 Å². The topological polar surface area (TPSA) is 24.5 Å². The SMILES string of the molecule is CCCOc1ccc(CN(CC)CC2CCNCC2)cc1. The van der Waals surface area contributed by atoms with E-state index in [1.54, 1.807) is 0 Å². The van der Waals surface area contributed by atoms with E-state index < -0.39 is 0 Å². The predicted molar refractivity (Wildman–Crippen MR) is 88.8 cm³/mol. The van der Waals surface area contributed by atoms with Crippen molar-refractivity contribution in [2.45, 2.75) is 39.7 Å². The van der Waals surface area contributed by atoms with Crippen molar-refractivity contribution in [1.29, 1.82) is 0 Å². The van der Waals surface area contributed by atoms with Gasteiger partial charge in [0.05, 0.1) is 6.61 Å². The van der Waals surface area contributed by atoms with Gasteiger partial charge < -0.3 is 10.1 Å². The Kier molecular flexibility index (Phi) is 7.04. The number of hydrogen-bond donors (Lipinski definition) is 1. The predicted octanol–water partition coefficient (Wildman–Crippen LogP) is 3.30. The average Bonchev–Trinajstić information content (AvgIpc) is 2.54. The van der Waals surface area contributed by atoms with Crippen LogP contribution in [0.15, 0.2) is 24.3 Å². The van der Waals surface area contributed by atoms with E-state index in [1.165, 1.54) is 38.0 Å². The lowest BCUT2D eigenvalue weighted by atomic mass is 9.97. The summed E-state index contributed by atoms with van der Waals surface area (Å²) >= 11 is 0. The van der Waals surface area contributed by atoms with Gasteiger partial charge in [-0.15, -0.1) is 0 Å². The maximum absolute atomic E-state index is 5.64. The Balaban J connectivity index is 1.82. The number of benzene rings is 1. The Morgan fingerprint density at radius 1 is 1.14 bits per heavy atom. The van der Waals surface area contributed by atoms with Gasteiger partial charge in [-0.2, -0.15) is 0 Å². The summed E-state index contributed by atoms with van der Waals surface area (Å²) in [4.78, 5) is 2.57. The molecule has 1 N–H and O–H groups in total. The van der Waals surface area contributed by atoms with Gasteiger partial charge in [0.2, 0.25) is 0 Å². The van der Waals surface area contributed by atoms with Gasteiger partial charge in [0.25, 0.3) is 0 Å². The molecule has 1 aromatic rings. The minimum Gasteiger partial charge on any atom is -0.494 e. The molecule has 1 saturated heterocycles. The van der Waals surface area contributed by atoms with Gasteiger partial charge in [0.15, 0.2) is 0 Å². The summed E-state index contributed by atoms with van der Waals surface area (Å²) in [6, 6.07) is 8.61. The molecule has 1 fully saturated rings. The molecular formula is C18H30N2O. The van der Waals surface area contributed by atoms with Crippen LogP contribution in [0.3, 0.4) is 0 Å². The molecule has 0 atom stereocenters. The van der Waals surface area contributed by atoms with Crippen molar-refractivity contribution in [2.24, 2.45) is 5.92 Å². The number of nitrogens with one attached hydrogen (secondary N) is 1. The first-order valence-electron chi connectivity index (χ1n) is 8.46. The summed E-state index contributed by atoms with van der Waals surface area (Å²) in [5, 5.41) is 3.45. The van der Waals surface area contributed by atoms with Crippen LogP contribution < -0.4 is 10.1 Å². The zero-order valence-electron chi connectivity index (χ0n) is 13.6. The second-order valence-electron chi connectivity index (χ2n) is 6.01. The quantitative estimate of drug-likeness (QED) is 0.795. The lowest BCUT2D eigenvalue weighted by molar-refractivity contribution is 0.207. The first kappa shape index (κ1) is 16.3. The van der Waals surface area contributed by atoms with Gasteiger partial charge in [-0.1, -0.05) is 26.0 Å². The van der Waals surface area contributed by atoms with Crippen LogP contribution in [0.4, 0.5) is 0 Å². The normalized spacial score (nSPS) is 16.3. The zero-order chi connectivity index (χ0) is 14.9. The smallest absolute Gasteiger partial charge is 0.119 e. The van der Waals surface area contributed by atoms with E-state index in [4.69, 9.17) is 4.74 Å². The molecule has 0 radical (unpaired) electrons. The van der Waals surface area contributed by atoms with Crippen molar-refractivity contribution < 1.29 is 4.74 Å². The van der Waals surface area contributed by atoms with Crippen LogP contribution >= 0.6 is 0 Å². The van der Waals surface area contributed by atoms with E-state index >= 15 is 0 Å². The van der Waals surface area contributed by atoms with Gasteiger partial charge in [0, 0.05) is 13.1 Å². The van der Waals surface area contributed by atoms with E-state index in [0.29, 0.717) is 0 Å². The molecule has 0 aromatic heterocycles. The summed E-state index contributed by atoms with van der Waals surface area (Å²) in [5.41, 5.74) is 1.38. The van der Waals surface area contributed by atoms with Crippen molar-refractivity contribution in [3.8, 4) is 5.75 Å². The Bertz CT molecular complexity index is 385. The molecule has 2 rings (SSSR count). The third-order valence-electron chi connectivity index (χ3n) is 4.22. The van der Waals surface area contributed by atoms with Crippen LogP contribution in [0, 0.1) is 5.92 Å². The highest BCUT2D eigenvalue weighted by Gasteiger charge is 2.16. The molecule has 1 heterocycles. The van der Waals surface area contributed by atoms with Gasteiger partial charge >= 0.3 is 0 Å². The molecule has 0 saturated carbocycles. The van der Waals surface area contributed by atoms with Crippen LogP contribution in [0.5, 0.6) is 5.75 Å². The summed E-state index contributed by atoms with van der Waals surface area (Å²) in [5.74, 6) is 1.85. The molecule has 3 heteroatoms. The van der Waals surface area contributed by atoms with Gasteiger partial charge in [-0.3, -0.25) is 4.90 Å². The molecule has 3 nitrogen and oxygen atoms in total. The Labute approximate surface area is 129 Å². The van der Waals surface area contributed by atoms with Crippen molar-refractivity contribution in [2.75, 3.05) is 32.8 Å². The lowest BCUT2D eigenvalue weighted by Crippen LogP contribution is -2.35. The number of ether oxygens (including phenoxy) is 1. The molecule has 118 valence electrons. The maximum atomic E-state index is 5.64. The molecule has 0 aliphatic carbocycles. The van der Waals surface area contributed by atoms with E-state index in [9.17, 15) is 0 Å². The second kappa shape index (κ2) is 9.06. The van der Waals surface area contributed by atoms with Crippen molar-refractivity contribution in [3.05, 3.63) is 29.8 Å².